The quantitative estimate of drug-likeness (QED) is 0.169. The first-order valence-corrected chi connectivity index (χ1v) is 19.9. The van der Waals surface area contributed by atoms with Crippen LogP contribution in [0.1, 0.15) is 11.1 Å². The Kier molecular flexibility index (Phi) is 8.22. The van der Waals surface area contributed by atoms with E-state index in [9.17, 15) is 10.5 Å². The van der Waals surface area contributed by atoms with Crippen molar-refractivity contribution in [3.63, 3.8) is 0 Å². The number of furan rings is 2. The minimum atomic E-state index is 0.546. The molecule has 0 saturated carbocycles. The second kappa shape index (κ2) is 14.2. The van der Waals surface area contributed by atoms with Gasteiger partial charge in [-0.2, -0.15) is 10.5 Å². The van der Waals surface area contributed by atoms with E-state index < -0.39 is 0 Å². The molecule has 2 aromatic heterocycles. The summed E-state index contributed by atoms with van der Waals surface area (Å²) in [5.41, 5.74) is 15.4. The Morgan fingerprint density at radius 1 is 0.300 bits per heavy atom. The van der Waals surface area contributed by atoms with Crippen molar-refractivity contribution in [1.82, 2.24) is 0 Å². The van der Waals surface area contributed by atoms with Crippen LogP contribution in [0.5, 0.6) is 0 Å². The summed E-state index contributed by atoms with van der Waals surface area (Å²) >= 11 is 0. The van der Waals surface area contributed by atoms with Crippen LogP contribution in [0.25, 0.3) is 111 Å². The van der Waals surface area contributed by atoms with Crippen molar-refractivity contribution < 1.29 is 8.83 Å². The molecule has 0 N–H and O–H groups in total. The molecule has 0 unspecified atom stereocenters. The fourth-order valence-electron chi connectivity index (χ4n) is 8.79. The lowest BCUT2D eigenvalue weighted by Crippen LogP contribution is -1.99. The molecule has 2 heterocycles. The molecule has 0 saturated heterocycles. The van der Waals surface area contributed by atoms with Crippen LogP contribution in [0.3, 0.4) is 0 Å². The third-order valence-electron chi connectivity index (χ3n) is 11.6. The number of hydrogen-bond donors (Lipinski definition) is 0. The van der Waals surface area contributed by atoms with Crippen LogP contribution in [0.2, 0.25) is 0 Å². The lowest BCUT2D eigenvalue weighted by Gasteiger charge is -2.22. The Bertz CT molecular complexity index is 3560. The van der Waals surface area contributed by atoms with Crippen LogP contribution in [-0.2, 0) is 0 Å². The molecule has 0 bridgehead atoms. The maximum Gasteiger partial charge on any atom is 0.135 e. The van der Waals surface area contributed by atoms with E-state index in [2.05, 4.69) is 97.1 Å². The van der Waals surface area contributed by atoms with Crippen LogP contribution in [0.15, 0.2) is 203 Å². The standard InChI is InChI=1S/C56H32N2O2/c57-33-39-17-7-8-18-43(39)41-27-40(35-13-3-1-4-14-35)28-42(29-41)46-32-47(37-23-25-53-48(30-37)44-19-9-11-21-51(44)59-53)55(36-15-5-2-6-16-36)56(50(46)34-58)38-24-26-54-49(31-38)45-20-10-12-22-52(45)60-54/h1-32H. The van der Waals surface area contributed by atoms with E-state index in [0.29, 0.717) is 11.1 Å². The second-order valence-electron chi connectivity index (χ2n) is 15.0. The first-order valence-electron chi connectivity index (χ1n) is 19.9. The monoisotopic (exact) mass is 764 g/mol. The third kappa shape index (κ3) is 5.75. The van der Waals surface area contributed by atoms with Crippen LogP contribution in [0, 0.1) is 22.7 Å². The highest BCUT2D eigenvalue weighted by Crippen LogP contribution is 2.49. The van der Waals surface area contributed by atoms with Gasteiger partial charge in [-0.15, -0.1) is 0 Å². The summed E-state index contributed by atoms with van der Waals surface area (Å²) in [6.45, 7) is 0. The summed E-state index contributed by atoms with van der Waals surface area (Å²) in [5.74, 6) is 0. The molecule has 0 fully saturated rings. The van der Waals surface area contributed by atoms with Crippen LogP contribution >= 0.6 is 0 Å². The first kappa shape index (κ1) is 34.8. The molecule has 0 atom stereocenters. The number of nitriles is 2. The average Bonchev–Trinajstić information content (AvgIpc) is 3.89. The molecule has 278 valence electrons. The Balaban J connectivity index is 1.28. The number of fused-ring (bicyclic) bond motifs is 6. The number of hydrogen-bond acceptors (Lipinski definition) is 4. The van der Waals surface area contributed by atoms with E-state index in [1.165, 1.54) is 0 Å². The summed E-state index contributed by atoms with van der Waals surface area (Å²) in [4.78, 5) is 0. The molecule has 11 rings (SSSR count). The molecule has 0 aliphatic carbocycles. The van der Waals surface area contributed by atoms with Gasteiger partial charge in [0.25, 0.3) is 0 Å². The first-order chi connectivity index (χ1) is 29.6. The molecule has 60 heavy (non-hydrogen) atoms. The van der Waals surface area contributed by atoms with E-state index in [1.54, 1.807) is 0 Å². The van der Waals surface area contributed by atoms with Gasteiger partial charge in [0.1, 0.15) is 28.4 Å². The van der Waals surface area contributed by atoms with E-state index in [0.717, 1.165) is 111 Å². The number of para-hydroxylation sites is 2. The van der Waals surface area contributed by atoms with Crippen molar-refractivity contribution in [2.75, 3.05) is 0 Å². The topological polar surface area (TPSA) is 73.9 Å². The molecule has 11 aromatic rings. The predicted octanol–water partition coefficient (Wildman–Crippen LogP) is 15.2. The van der Waals surface area contributed by atoms with Crippen molar-refractivity contribution >= 4 is 43.9 Å². The van der Waals surface area contributed by atoms with Gasteiger partial charge in [-0.25, -0.2) is 0 Å². The lowest BCUT2D eigenvalue weighted by atomic mass is 9.80. The van der Waals surface area contributed by atoms with Gasteiger partial charge >= 0.3 is 0 Å². The molecule has 4 heteroatoms. The summed E-state index contributed by atoms with van der Waals surface area (Å²) in [5, 5.41) is 25.9. The van der Waals surface area contributed by atoms with Crippen molar-refractivity contribution in [1.29, 1.82) is 10.5 Å². The minimum absolute atomic E-state index is 0.546. The van der Waals surface area contributed by atoms with Gasteiger partial charge in [0.15, 0.2) is 0 Å². The van der Waals surface area contributed by atoms with E-state index in [4.69, 9.17) is 8.83 Å². The van der Waals surface area contributed by atoms with Crippen molar-refractivity contribution in [2.24, 2.45) is 0 Å². The van der Waals surface area contributed by atoms with Crippen LogP contribution < -0.4 is 0 Å². The Morgan fingerprint density at radius 3 is 1.47 bits per heavy atom. The molecule has 0 aliphatic rings. The van der Waals surface area contributed by atoms with E-state index in [-0.39, 0.29) is 0 Å². The molecule has 0 aliphatic heterocycles. The Morgan fingerprint density at radius 2 is 0.817 bits per heavy atom. The van der Waals surface area contributed by atoms with Gasteiger partial charge in [0.2, 0.25) is 0 Å². The largest absolute Gasteiger partial charge is 0.456 e. The summed E-state index contributed by atoms with van der Waals surface area (Å²) in [6.07, 6.45) is 0. The molecular formula is C56H32N2O2. The van der Waals surface area contributed by atoms with Gasteiger partial charge in [0, 0.05) is 32.7 Å². The highest BCUT2D eigenvalue weighted by Gasteiger charge is 2.25. The Labute approximate surface area is 346 Å². The maximum absolute atomic E-state index is 11.6. The van der Waals surface area contributed by atoms with Crippen molar-refractivity contribution in [3.8, 4) is 78.9 Å². The number of benzene rings is 9. The molecule has 9 aromatic carbocycles. The zero-order valence-corrected chi connectivity index (χ0v) is 32.2. The minimum Gasteiger partial charge on any atom is -0.456 e. The van der Waals surface area contributed by atoms with Crippen molar-refractivity contribution in [3.05, 3.63) is 205 Å². The second-order valence-corrected chi connectivity index (χ2v) is 15.0. The van der Waals surface area contributed by atoms with Gasteiger partial charge in [-0.3, -0.25) is 0 Å². The Hall–Kier alpha value is -8.44. The summed E-state index contributed by atoms with van der Waals surface area (Å²) in [7, 11) is 0. The highest BCUT2D eigenvalue weighted by atomic mass is 16.3. The molecule has 4 nitrogen and oxygen atoms in total. The number of nitrogens with zero attached hydrogens (tertiary/aromatic N) is 2. The fourth-order valence-corrected chi connectivity index (χ4v) is 8.79. The molecule has 0 radical (unpaired) electrons. The maximum atomic E-state index is 11.6. The van der Waals surface area contributed by atoms with Gasteiger partial charge < -0.3 is 8.83 Å². The fraction of sp³-hybridized carbons (Fsp3) is 0. The van der Waals surface area contributed by atoms with Gasteiger partial charge in [-0.05, 0) is 122 Å². The van der Waals surface area contributed by atoms with E-state index in [1.807, 2.05) is 109 Å². The van der Waals surface area contributed by atoms with Crippen molar-refractivity contribution in [2.45, 2.75) is 0 Å². The molecular weight excluding hydrogens is 733 g/mol. The zero-order chi connectivity index (χ0) is 40.2. The molecule has 0 spiro atoms. The smallest absolute Gasteiger partial charge is 0.135 e. The van der Waals surface area contributed by atoms with Crippen LogP contribution in [-0.4, -0.2) is 0 Å². The SMILES string of the molecule is N#Cc1ccccc1-c1cc(-c2ccccc2)cc(-c2cc(-c3ccc4oc5ccccc5c4c3)c(-c3ccccc3)c(-c3ccc4oc5ccccc5c4c3)c2C#N)c1. The summed E-state index contributed by atoms with van der Waals surface area (Å²) < 4.78 is 12.6. The summed E-state index contributed by atoms with van der Waals surface area (Å²) in [6, 6.07) is 70.9. The average molecular weight is 765 g/mol. The predicted molar refractivity (Wildman–Crippen MR) is 243 cm³/mol. The van der Waals surface area contributed by atoms with Gasteiger partial charge in [-0.1, -0.05) is 127 Å². The number of rotatable bonds is 6. The van der Waals surface area contributed by atoms with E-state index >= 15 is 0 Å². The molecule has 0 amide bonds. The van der Waals surface area contributed by atoms with Gasteiger partial charge in [0.05, 0.1) is 17.2 Å². The highest BCUT2D eigenvalue weighted by molar-refractivity contribution is 6.10. The zero-order valence-electron chi connectivity index (χ0n) is 32.2. The van der Waals surface area contributed by atoms with Crippen LogP contribution in [0.4, 0.5) is 0 Å². The third-order valence-corrected chi connectivity index (χ3v) is 11.6. The lowest BCUT2D eigenvalue weighted by molar-refractivity contribution is 0.668. The normalized spacial score (nSPS) is 11.3.